The summed E-state index contributed by atoms with van der Waals surface area (Å²) in [4.78, 5) is 21.6. The van der Waals surface area contributed by atoms with E-state index in [9.17, 15) is 4.79 Å². The number of pyridine rings is 1. The summed E-state index contributed by atoms with van der Waals surface area (Å²) in [6.07, 6.45) is 11.6. The lowest BCUT2D eigenvalue weighted by Crippen LogP contribution is -2.35. The molecule has 2 aromatic rings. The minimum atomic E-state index is -0.518. The second-order valence-corrected chi connectivity index (χ2v) is 10.3. The van der Waals surface area contributed by atoms with E-state index in [0.29, 0.717) is 31.6 Å². The number of hydrogen-bond donors (Lipinski definition) is 2. The Labute approximate surface area is 230 Å². The fourth-order valence-electron chi connectivity index (χ4n) is 4.93. The van der Waals surface area contributed by atoms with Gasteiger partial charge >= 0.3 is 6.09 Å². The van der Waals surface area contributed by atoms with Crippen molar-refractivity contribution in [1.29, 1.82) is 0 Å². The summed E-state index contributed by atoms with van der Waals surface area (Å²) in [7, 11) is 0. The third kappa shape index (κ3) is 7.11. The Balaban J connectivity index is 1.67. The molecular formula is C32H37FN4O2. The quantitative estimate of drug-likeness (QED) is 0.377. The predicted molar refractivity (Wildman–Crippen MR) is 156 cm³/mol. The molecule has 2 aliphatic rings. The normalized spacial score (nSPS) is 16.7. The van der Waals surface area contributed by atoms with Gasteiger partial charge in [0.25, 0.3) is 0 Å². The number of hydrogen-bond acceptors (Lipinski definition) is 5. The summed E-state index contributed by atoms with van der Waals surface area (Å²) in [5.41, 5.74) is 6.46. The van der Waals surface area contributed by atoms with E-state index in [1.807, 2.05) is 57.3 Å². The van der Waals surface area contributed by atoms with Crippen LogP contribution in [0.5, 0.6) is 0 Å². The number of amides is 1. The van der Waals surface area contributed by atoms with Crippen LogP contribution >= 0.6 is 0 Å². The summed E-state index contributed by atoms with van der Waals surface area (Å²) in [5, 5.41) is 6.38. The number of aliphatic imine (C=N–C) groups is 1. The molecule has 4 rings (SSSR count). The first-order chi connectivity index (χ1) is 18.8. The Bertz CT molecular complexity index is 1350. The molecule has 2 heterocycles. The number of carbonyl (C=O) groups is 1. The van der Waals surface area contributed by atoms with Crippen LogP contribution in [0.3, 0.4) is 0 Å². The molecule has 0 fully saturated rings. The Morgan fingerprint density at radius 1 is 1.21 bits per heavy atom. The highest BCUT2D eigenvalue weighted by Crippen LogP contribution is 2.37. The maximum absolute atomic E-state index is 15.2. The Morgan fingerprint density at radius 3 is 2.77 bits per heavy atom. The fourth-order valence-corrected chi connectivity index (χ4v) is 4.93. The second kappa shape index (κ2) is 12.7. The van der Waals surface area contributed by atoms with Gasteiger partial charge in [-0.3, -0.25) is 9.98 Å². The molecule has 0 saturated heterocycles. The van der Waals surface area contributed by atoms with Gasteiger partial charge in [-0.05, 0) is 61.6 Å². The summed E-state index contributed by atoms with van der Waals surface area (Å²) in [6.45, 7) is 9.21. The first kappa shape index (κ1) is 28.0. The van der Waals surface area contributed by atoms with E-state index in [2.05, 4.69) is 28.6 Å². The van der Waals surface area contributed by atoms with Crippen LogP contribution < -0.4 is 10.6 Å². The molecule has 0 spiro atoms. The van der Waals surface area contributed by atoms with Crippen LogP contribution in [0, 0.1) is 5.82 Å². The van der Waals surface area contributed by atoms with Gasteiger partial charge in [0.1, 0.15) is 11.4 Å². The number of allylic oxidation sites excluding steroid dienone is 6. The van der Waals surface area contributed by atoms with Gasteiger partial charge in [0.2, 0.25) is 0 Å². The highest BCUT2D eigenvalue weighted by Gasteiger charge is 2.26. The second-order valence-electron chi connectivity index (χ2n) is 10.3. The molecule has 0 saturated carbocycles. The van der Waals surface area contributed by atoms with E-state index >= 15 is 4.39 Å². The lowest BCUT2D eigenvalue weighted by Gasteiger charge is -2.24. The number of benzene rings is 1. The number of rotatable bonds is 8. The van der Waals surface area contributed by atoms with Crippen molar-refractivity contribution in [3.63, 3.8) is 0 Å². The minimum Gasteiger partial charge on any atom is -0.444 e. The highest BCUT2D eigenvalue weighted by molar-refractivity contribution is 6.22. The van der Waals surface area contributed by atoms with Crippen molar-refractivity contribution < 1.29 is 13.9 Å². The zero-order chi connectivity index (χ0) is 27.8. The van der Waals surface area contributed by atoms with Crippen LogP contribution in [-0.2, 0) is 4.74 Å². The molecule has 204 valence electrons. The van der Waals surface area contributed by atoms with E-state index in [-0.39, 0.29) is 5.82 Å². The number of alkyl carbamates (subject to hydrolysis) is 1. The van der Waals surface area contributed by atoms with Crippen LogP contribution in [-0.4, -0.2) is 42.0 Å². The van der Waals surface area contributed by atoms with Crippen molar-refractivity contribution in [2.75, 3.05) is 19.6 Å². The molecule has 0 radical (unpaired) electrons. The summed E-state index contributed by atoms with van der Waals surface area (Å²) in [5.74, 6) is -0.293. The number of ether oxygens (including phenoxy) is 1. The van der Waals surface area contributed by atoms with Gasteiger partial charge in [-0.1, -0.05) is 55.8 Å². The lowest BCUT2D eigenvalue weighted by atomic mass is 9.89. The number of carbonyl (C=O) groups excluding carboxylic acids is 1. The van der Waals surface area contributed by atoms with Gasteiger partial charge in [0, 0.05) is 48.7 Å². The molecule has 1 aromatic carbocycles. The lowest BCUT2D eigenvalue weighted by molar-refractivity contribution is 0.0325. The van der Waals surface area contributed by atoms with E-state index in [1.165, 1.54) is 6.07 Å². The third-order valence-electron chi connectivity index (χ3n) is 6.79. The van der Waals surface area contributed by atoms with Crippen LogP contribution in [0.15, 0.2) is 88.9 Å². The van der Waals surface area contributed by atoms with Gasteiger partial charge in [-0.2, -0.15) is 0 Å². The topological polar surface area (TPSA) is 75.6 Å². The molecule has 1 aliphatic carbocycles. The highest BCUT2D eigenvalue weighted by atomic mass is 19.1. The summed E-state index contributed by atoms with van der Waals surface area (Å²) < 4.78 is 20.7. The van der Waals surface area contributed by atoms with Gasteiger partial charge in [0.15, 0.2) is 0 Å². The van der Waals surface area contributed by atoms with E-state index in [0.717, 1.165) is 52.1 Å². The summed E-state index contributed by atoms with van der Waals surface area (Å²) in [6, 6.07) is 10.8. The van der Waals surface area contributed by atoms with Crippen molar-refractivity contribution in [2.45, 2.75) is 52.6 Å². The molecule has 0 atom stereocenters. The first-order valence-corrected chi connectivity index (χ1v) is 13.5. The number of nitrogens with zero attached hydrogens (tertiary/aromatic N) is 2. The number of aromatic nitrogens is 1. The van der Waals surface area contributed by atoms with E-state index in [4.69, 9.17) is 9.73 Å². The zero-order valence-corrected chi connectivity index (χ0v) is 23.2. The molecule has 7 heteroatoms. The summed E-state index contributed by atoms with van der Waals surface area (Å²) >= 11 is 0. The Hall–Kier alpha value is -4.00. The molecule has 2 N–H and O–H groups in total. The van der Waals surface area contributed by atoms with Crippen LogP contribution in [0.2, 0.25) is 0 Å². The first-order valence-electron chi connectivity index (χ1n) is 13.5. The van der Waals surface area contributed by atoms with E-state index < -0.39 is 11.7 Å². The van der Waals surface area contributed by atoms with Gasteiger partial charge < -0.3 is 15.4 Å². The maximum atomic E-state index is 15.2. The van der Waals surface area contributed by atoms with Crippen LogP contribution in [0.25, 0.3) is 11.1 Å². The number of halogens is 1. The zero-order valence-electron chi connectivity index (χ0n) is 23.2. The maximum Gasteiger partial charge on any atom is 0.407 e. The van der Waals surface area contributed by atoms with E-state index in [1.54, 1.807) is 18.3 Å². The predicted octanol–water partition coefficient (Wildman–Crippen LogP) is 6.64. The third-order valence-corrected chi connectivity index (χ3v) is 6.79. The molecular weight excluding hydrogens is 491 g/mol. The van der Waals surface area contributed by atoms with Crippen molar-refractivity contribution in [3.8, 4) is 0 Å². The Kier molecular flexibility index (Phi) is 9.12. The van der Waals surface area contributed by atoms with Crippen molar-refractivity contribution in [2.24, 2.45) is 4.99 Å². The molecule has 1 aliphatic heterocycles. The standard InChI is InChI=1S/C32H37FN4O2/c1-5-15-32(3,4)39-31(38)37-19-18-36-30-22(2)14-17-35-28-20-23(24-9-8-16-34-21-24)12-13-26(29(28)30)25-10-6-7-11-27(25)33/h6-14,16,21,35H,5,15,17-20H2,1-4H3,(H,37,38). The molecule has 0 unspecified atom stereocenters. The molecule has 0 bridgehead atoms. The number of nitrogens with one attached hydrogen (secondary N) is 2. The molecule has 6 nitrogen and oxygen atoms in total. The van der Waals surface area contributed by atoms with Crippen molar-refractivity contribution >= 4 is 23.0 Å². The largest absolute Gasteiger partial charge is 0.444 e. The molecule has 1 amide bonds. The molecule has 39 heavy (non-hydrogen) atoms. The molecule has 1 aromatic heterocycles. The van der Waals surface area contributed by atoms with Gasteiger partial charge in [-0.15, -0.1) is 0 Å². The smallest absolute Gasteiger partial charge is 0.407 e. The SMILES string of the molecule is CCCC(C)(C)OC(=O)NCCN=C1C(C)=CCNC2=C1C(c1ccccc1F)=CC=C(c1cccnc1)C2. The monoisotopic (exact) mass is 528 g/mol. The van der Waals surface area contributed by atoms with Gasteiger partial charge in [0.05, 0.1) is 12.3 Å². The van der Waals surface area contributed by atoms with Crippen LogP contribution in [0.4, 0.5) is 9.18 Å². The van der Waals surface area contributed by atoms with Gasteiger partial charge in [-0.25, -0.2) is 9.18 Å². The van der Waals surface area contributed by atoms with Crippen LogP contribution in [0.1, 0.15) is 58.1 Å². The fraction of sp³-hybridized carbons (Fsp3) is 0.344. The van der Waals surface area contributed by atoms with Crippen molar-refractivity contribution in [3.05, 3.63) is 101 Å². The minimum absolute atomic E-state index is 0.293. The average molecular weight is 529 g/mol. The Morgan fingerprint density at radius 2 is 2.03 bits per heavy atom. The average Bonchev–Trinajstić information content (AvgIpc) is 3.17. The van der Waals surface area contributed by atoms with Crippen molar-refractivity contribution in [1.82, 2.24) is 15.6 Å².